The summed E-state index contributed by atoms with van der Waals surface area (Å²) in [5.74, 6) is -0.107. The Morgan fingerprint density at radius 3 is 2.54 bits per heavy atom. The summed E-state index contributed by atoms with van der Waals surface area (Å²) in [5, 5.41) is 4.19. The number of carbonyl (C=O) groups is 1. The number of aromatic amines is 1. The van der Waals surface area contributed by atoms with Crippen LogP contribution in [0.3, 0.4) is 0 Å². The molecule has 6 nitrogen and oxygen atoms in total. The first-order valence-electron chi connectivity index (χ1n) is 11.8. The molecule has 2 N–H and O–H groups in total. The van der Waals surface area contributed by atoms with E-state index >= 15 is 0 Å². The van der Waals surface area contributed by atoms with Crippen LogP contribution in [0.15, 0.2) is 71.7 Å². The normalized spacial score (nSPS) is 11.3. The predicted molar refractivity (Wildman–Crippen MR) is 140 cm³/mol. The van der Waals surface area contributed by atoms with Crippen LogP contribution in [0.1, 0.15) is 38.3 Å². The van der Waals surface area contributed by atoms with E-state index in [1.54, 1.807) is 11.5 Å². The third kappa shape index (κ3) is 4.47. The lowest BCUT2D eigenvalue weighted by Gasteiger charge is -2.13. The SMILES string of the molecule is Cc1cc2nc(C)c(=O)n(Cc3ccc(C(=O)NCCc4c[nH]c5ccccc45)cc3)c2cc1C. The molecule has 0 saturated carbocycles. The molecule has 0 aliphatic rings. The van der Waals surface area contributed by atoms with E-state index in [1.807, 2.05) is 74.6 Å². The molecule has 0 atom stereocenters. The van der Waals surface area contributed by atoms with E-state index in [0.717, 1.165) is 39.7 Å². The van der Waals surface area contributed by atoms with Gasteiger partial charge in [0.1, 0.15) is 5.69 Å². The Hall–Kier alpha value is -4.19. The second-order valence-corrected chi connectivity index (χ2v) is 9.08. The number of fused-ring (bicyclic) bond motifs is 2. The lowest BCUT2D eigenvalue weighted by atomic mass is 10.1. The van der Waals surface area contributed by atoms with Gasteiger partial charge in [-0.2, -0.15) is 0 Å². The highest BCUT2D eigenvalue weighted by Gasteiger charge is 2.12. The van der Waals surface area contributed by atoms with Crippen molar-refractivity contribution in [1.82, 2.24) is 19.9 Å². The average Bonchev–Trinajstić information content (AvgIpc) is 3.27. The molecular formula is C29H28N4O2. The maximum Gasteiger partial charge on any atom is 0.272 e. The second-order valence-electron chi connectivity index (χ2n) is 9.08. The molecule has 1 amide bonds. The third-order valence-corrected chi connectivity index (χ3v) is 6.64. The van der Waals surface area contributed by atoms with E-state index in [4.69, 9.17) is 0 Å². The van der Waals surface area contributed by atoms with Crippen LogP contribution in [0.25, 0.3) is 21.9 Å². The maximum absolute atomic E-state index is 12.9. The van der Waals surface area contributed by atoms with Crippen LogP contribution in [0.2, 0.25) is 0 Å². The first-order chi connectivity index (χ1) is 16.9. The minimum Gasteiger partial charge on any atom is -0.361 e. The summed E-state index contributed by atoms with van der Waals surface area (Å²) in [6, 6.07) is 19.6. The number of aromatic nitrogens is 3. The summed E-state index contributed by atoms with van der Waals surface area (Å²) < 4.78 is 1.76. The number of para-hydroxylation sites is 1. The molecule has 0 aliphatic carbocycles. The van der Waals surface area contributed by atoms with E-state index in [2.05, 4.69) is 21.4 Å². The highest BCUT2D eigenvalue weighted by atomic mass is 16.1. The lowest BCUT2D eigenvalue weighted by Crippen LogP contribution is -2.26. The smallest absolute Gasteiger partial charge is 0.272 e. The number of hydrogen-bond donors (Lipinski definition) is 2. The quantitative estimate of drug-likeness (QED) is 0.378. The van der Waals surface area contributed by atoms with Gasteiger partial charge in [-0.05, 0) is 79.8 Å². The number of rotatable bonds is 6. The van der Waals surface area contributed by atoms with Crippen molar-refractivity contribution in [2.45, 2.75) is 33.7 Å². The third-order valence-electron chi connectivity index (χ3n) is 6.64. The summed E-state index contributed by atoms with van der Waals surface area (Å²) in [6.45, 7) is 6.81. The van der Waals surface area contributed by atoms with Gasteiger partial charge in [0, 0.05) is 29.2 Å². The van der Waals surface area contributed by atoms with Crippen molar-refractivity contribution in [3.05, 3.63) is 111 Å². The van der Waals surface area contributed by atoms with Crippen LogP contribution in [0.4, 0.5) is 0 Å². The lowest BCUT2D eigenvalue weighted by molar-refractivity contribution is 0.0954. The number of amides is 1. The van der Waals surface area contributed by atoms with Crippen molar-refractivity contribution in [2.75, 3.05) is 6.54 Å². The maximum atomic E-state index is 12.9. The fraction of sp³-hybridized carbons (Fsp3) is 0.207. The summed E-state index contributed by atoms with van der Waals surface area (Å²) >= 11 is 0. The molecule has 35 heavy (non-hydrogen) atoms. The minimum absolute atomic E-state index is 0.0974. The molecule has 0 bridgehead atoms. The zero-order chi connectivity index (χ0) is 24.5. The molecule has 5 aromatic rings. The van der Waals surface area contributed by atoms with Crippen molar-refractivity contribution < 1.29 is 4.79 Å². The largest absolute Gasteiger partial charge is 0.361 e. The number of nitrogens with zero attached hydrogens (tertiary/aromatic N) is 2. The molecule has 6 heteroatoms. The molecule has 2 heterocycles. The van der Waals surface area contributed by atoms with E-state index in [9.17, 15) is 9.59 Å². The summed E-state index contributed by atoms with van der Waals surface area (Å²) in [5.41, 5.74) is 8.13. The predicted octanol–water partition coefficient (Wildman–Crippen LogP) is 4.82. The molecular weight excluding hydrogens is 436 g/mol. The van der Waals surface area contributed by atoms with Crippen LogP contribution >= 0.6 is 0 Å². The summed E-state index contributed by atoms with van der Waals surface area (Å²) in [7, 11) is 0. The zero-order valence-corrected chi connectivity index (χ0v) is 20.2. The highest BCUT2D eigenvalue weighted by molar-refractivity contribution is 5.94. The van der Waals surface area contributed by atoms with Gasteiger partial charge in [0.05, 0.1) is 17.6 Å². The van der Waals surface area contributed by atoms with Gasteiger partial charge in [0.2, 0.25) is 0 Å². The van der Waals surface area contributed by atoms with Crippen LogP contribution in [0, 0.1) is 20.8 Å². The Labute approximate surface area is 203 Å². The zero-order valence-electron chi connectivity index (χ0n) is 20.2. The first kappa shape index (κ1) is 22.6. The van der Waals surface area contributed by atoms with E-state index in [1.165, 1.54) is 10.9 Å². The molecule has 176 valence electrons. The van der Waals surface area contributed by atoms with Crippen LogP contribution in [-0.2, 0) is 13.0 Å². The van der Waals surface area contributed by atoms with E-state index < -0.39 is 0 Å². The highest BCUT2D eigenvalue weighted by Crippen LogP contribution is 2.19. The van der Waals surface area contributed by atoms with Crippen molar-refractivity contribution >= 4 is 27.8 Å². The first-order valence-corrected chi connectivity index (χ1v) is 11.8. The van der Waals surface area contributed by atoms with Gasteiger partial charge in [-0.15, -0.1) is 0 Å². The van der Waals surface area contributed by atoms with Gasteiger partial charge in [-0.3, -0.25) is 9.59 Å². The van der Waals surface area contributed by atoms with Crippen molar-refractivity contribution in [3.8, 4) is 0 Å². The van der Waals surface area contributed by atoms with Crippen LogP contribution in [-0.4, -0.2) is 27.0 Å². The van der Waals surface area contributed by atoms with E-state index in [-0.39, 0.29) is 11.5 Å². The Bertz CT molecular complexity index is 1610. The molecule has 2 aromatic heterocycles. The van der Waals surface area contributed by atoms with Crippen molar-refractivity contribution in [1.29, 1.82) is 0 Å². The fourth-order valence-corrected chi connectivity index (χ4v) is 4.48. The van der Waals surface area contributed by atoms with Gasteiger partial charge in [0.15, 0.2) is 0 Å². The number of aryl methyl sites for hydroxylation is 3. The van der Waals surface area contributed by atoms with Crippen molar-refractivity contribution in [3.63, 3.8) is 0 Å². The number of H-pyrrole nitrogens is 1. The molecule has 5 rings (SSSR count). The van der Waals surface area contributed by atoms with Crippen molar-refractivity contribution in [2.24, 2.45) is 0 Å². The molecule has 0 unspecified atom stereocenters. The van der Waals surface area contributed by atoms with Gasteiger partial charge >= 0.3 is 0 Å². The number of benzene rings is 3. The van der Waals surface area contributed by atoms with E-state index in [0.29, 0.717) is 24.3 Å². The summed E-state index contributed by atoms with van der Waals surface area (Å²) in [4.78, 5) is 33.3. The standard InChI is InChI=1S/C29H28N4O2/c1-18-14-26-27(15-19(18)2)33(29(35)20(3)32-26)17-21-8-10-22(11-9-21)28(34)30-13-12-23-16-31-25-7-5-4-6-24(23)25/h4-11,14-16,31H,12-13,17H2,1-3H3,(H,30,34). The molecule has 0 fully saturated rings. The van der Waals surface area contributed by atoms with Gasteiger partial charge in [0.25, 0.3) is 11.5 Å². The Morgan fingerprint density at radius 1 is 1.00 bits per heavy atom. The molecule has 0 radical (unpaired) electrons. The number of carbonyl (C=O) groups excluding carboxylic acids is 1. The Balaban J connectivity index is 1.29. The monoisotopic (exact) mass is 464 g/mol. The van der Waals surface area contributed by atoms with Gasteiger partial charge in [-0.1, -0.05) is 30.3 Å². The van der Waals surface area contributed by atoms with Gasteiger partial charge < -0.3 is 14.9 Å². The molecule has 0 saturated heterocycles. The van der Waals surface area contributed by atoms with Crippen LogP contribution < -0.4 is 10.9 Å². The van der Waals surface area contributed by atoms with Gasteiger partial charge in [-0.25, -0.2) is 4.98 Å². The molecule has 0 spiro atoms. The van der Waals surface area contributed by atoms with Crippen LogP contribution in [0.5, 0.6) is 0 Å². The Kier molecular flexibility index (Phi) is 5.95. The number of hydrogen-bond acceptors (Lipinski definition) is 3. The molecule has 3 aromatic carbocycles. The fourth-order valence-electron chi connectivity index (χ4n) is 4.48. The minimum atomic E-state index is -0.107. The average molecular weight is 465 g/mol. The second kappa shape index (κ2) is 9.22. The molecule has 0 aliphatic heterocycles. The Morgan fingerprint density at radius 2 is 1.74 bits per heavy atom. The number of nitrogens with one attached hydrogen (secondary N) is 2. The summed E-state index contributed by atoms with van der Waals surface area (Å²) in [6.07, 6.45) is 2.75. The topological polar surface area (TPSA) is 79.8 Å².